The van der Waals surface area contributed by atoms with Gasteiger partial charge < -0.3 is 9.47 Å². The molecule has 0 bridgehead atoms. The molecule has 0 radical (unpaired) electrons. The number of hydrogen-bond acceptors (Lipinski definition) is 5. The zero-order valence-electron chi connectivity index (χ0n) is 16.8. The van der Waals surface area contributed by atoms with Crippen LogP contribution < -0.4 is 14.9 Å². The molecule has 0 unspecified atom stereocenters. The molecule has 0 saturated carbocycles. The number of aromatic nitrogens is 1. The fourth-order valence-electron chi connectivity index (χ4n) is 2.60. The summed E-state index contributed by atoms with van der Waals surface area (Å²) >= 11 is 8.06. The number of hydrogen-bond donors (Lipinski definition) is 1. The SMILES string of the molecule is CCOc1cc(/C=N\Nc2ccc(C(F)(F)F)cn2)cc(I)c1OCc1ccc(Cl)cc1. The van der Waals surface area contributed by atoms with E-state index in [1.807, 2.05) is 25.1 Å². The van der Waals surface area contributed by atoms with Crippen LogP contribution in [0.5, 0.6) is 11.5 Å². The number of benzene rings is 2. The van der Waals surface area contributed by atoms with Crippen LogP contribution >= 0.6 is 34.2 Å². The molecule has 0 aliphatic rings. The standard InChI is InChI=1S/C22H18ClF3IN3O2/c1-2-31-19-10-15(11-29-30-20-8-5-16(12-28-20)22(24,25)26)9-18(27)21(19)32-13-14-3-6-17(23)7-4-14/h3-12H,2,13H2,1H3,(H,28,30)/b29-11-. The monoisotopic (exact) mass is 575 g/mol. The maximum absolute atomic E-state index is 12.6. The summed E-state index contributed by atoms with van der Waals surface area (Å²) in [7, 11) is 0. The van der Waals surface area contributed by atoms with Gasteiger partial charge in [-0.25, -0.2) is 4.98 Å². The summed E-state index contributed by atoms with van der Waals surface area (Å²) in [5, 5.41) is 4.70. The van der Waals surface area contributed by atoms with Crippen molar-refractivity contribution in [2.45, 2.75) is 19.7 Å². The quantitative estimate of drug-likeness (QED) is 0.183. The molecule has 0 fully saturated rings. The van der Waals surface area contributed by atoms with E-state index in [1.165, 1.54) is 12.3 Å². The second-order valence-corrected chi connectivity index (χ2v) is 8.08. The number of anilines is 1. The van der Waals surface area contributed by atoms with Crippen molar-refractivity contribution in [3.63, 3.8) is 0 Å². The number of alkyl halides is 3. The average Bonchev–Trinajstić information content (AvgIpc) is 2.74. The Bertz CT molecular complexity index is 1080. The molecule has 0 amide bonds. The minimum Gasteiger partial charge on any atom is -0.490 e. The molecule has 168 valence electrons. The lowest BCUT2D eigenvalue weighted by molar-refractivity contribution is -0.137. The Morgan fingerprint density at radius 3 is 2.50 bits per heavy atom. The molecular formula is C22H18ClF3IN3O2. The van der Waals surface area contributed by atoms with Crippen molar-refractivity contribution in [3.8, 4) is 11.5 Å². The molecule has 5 nitrogen and oxygen atoms in total. The normalized spacial score (nSPS) is 11.6. The molecule has 3 aromatic rings. The van der Waals surface area contributed by atoms with E-state index in [1.54, 1.807) is 18.2 Å². The van der Waals surface area contributed by atoms with E-state index < -0.39 is 11.7 Å². The maximum Gasteiger partial charge on any atom is 0.417 e. The van der Waals surface area contributed by atoms with Crippen LogP contribution in [-0.2, 0) is 12.8 Å². The highest BCUT2D eigenvalue weighted by Crippen LogP contribution is 2.34. The molecule has 1 N–H and O–H groups in total. The smallest absolute Gasteiger partial charge is 0.417 e. The van der Waals surface area contributed by atoms with Gasteiger partial charge in [-0.15, -0.1) is 0 Å². The van der Waals surface area contributed by atoms with Crippen LogP contribution in [-0.4, -0.2) is 17.8 Å². The van der Waals surface area contributed by atoms with Crippen LogP contribution in [0.25, 0.3) is 0 Å². The zero-order valence-corrected chi connectivity index (χ0v) is 19.7. The Morgan fingerprint density at radius 2 is 1.88 bits per heavy atom. The van der Waals surface area contributed by atoms with Gasteiger partial charge in [-0.1, -0.05) is 23.7 Å². The van der Waals surface area contributed by atoms with Crippen molar-refractivity contribution in [3.05, 3.63) is 80.0 Å². The Morgan fingerprint density at radius 1 is 1.12 bits per heavy atom. The maximum atomic E-state index is 12.6. The molecule has 0 spiro atoms. The van der Waals surface area contributed by atoms with Crippen molar-refractivity contribution < 1.29 is 22.6 Å². The first-order chi connectivity index (χ1) is 15.3. The van der Waals surface area contributed by atoms with Gasteiger partial charge in [0.2, 0.25) is 0 Å². The van der Waals surface area contributed by atoms with E-state index in [2.05, 4.69) is 38.1 Å². The lowest BCUT2D eigenvalue weighted by Crippen LogP contribution is -2.05. The predicted molar refractivity (Wildman–Crippen MR) is 127 cm³/mol. The minimum absolute atomic E-state index is 0.192. The van der Waals surface area contributed by atoms with Crippen LogP contribution in [0.2, 0.25) is 5.02 Å². The second-order valence-electron chi connectivity index (χ2n) is 6.48. The highest BCUT2D eigenvalue weighted by Gasteiger charge is 2.30. The van der Waals surface area contributed by atoms with E-state index in [0.717, 1.165) is 27.0 Å². The van der Waals surface area contributed by atoms with Gasteiger partial charge >= 0.3 is 6.18 Å². The van der Waals surface area contributed by atoms with Gasteiger partial charge in [0.15, 0.2) is 11.5 Å². The number of hydrazone groups is 1. The van der Waals surface area contributed by atoms with Gasteiger partial charge in [0.1, 0.15) is 12.4 Å². The molecule has 0 saturated heterocycles. The number of rotatable bonds is 8. The predicted octanol–water partition coefficient (Wildman–Crippen LogP) is 6.78. The number of halogens is 5. The van der Waals surface area contributed by atoms with Gasteiger partial charge in [0.25, 0.3) is 0 Å². The number of pyridine rings is 1. The van der Waals surface area contributed by atoms with Crippen molar-refractivity contribution in [2.75, 3.05) is 12.0 Å². The number of nitrogens with one attached hydrogen (secondary N) is 1. The summed E-state index contributed by atoms with van der Waals surface area (Å²) in [4.78, 5) is 3.71. The summed E-state index contributed by atoms with van der Waals surface area (Å²) < 4.78 is 50.4. The largest absolute Gasteiger partial charge is 0.490 e. The molecule has 1 aromatic heterocycles. The lowest BCUT2D eigenvalue weighted by atomic mass is 10.2. The molecule has 0 aliphatic heterocycles. The highest BCUT2D eigenvalue weighted by atomic mass is 127. The Labute approximate surface area is 201 Å². The molecule has 1 heterocycles. The molecule has 0 aliphatic carbocycles. The van der Waals surface area contributed by atoms with Crippen LogP contribution in [0.3, 0.4) is 0 Å². The summed E-state index contributed by atoms with van der Waals surface area (Å²) in [6, 6.07) is 13.1. The fourth-order valence-corrected chi connectivity index (χ4v) is 3.51. The summed E-state index contributed by atoms with van der Waals surface area (Å²) in [6.07, 6.45) is -2.16. The number of ether oxygens (including phenoxy) is 2. The van der Waals surface area contributed by atoms with Gasteiger partial charge in [-0.2, -0.15) is 18.3 Å². The van der Waals surface area contributed by atoms with Gasteiger partial charge in [0, 0.05) is 11.2 Å². The van der Waals surface area contributed by atoms with Gasteiger partial charge in [-0.05, 0) is 77.0 Å². The van der Waals surface area contributed by atoms with Crippen LogP contribution in [0.1, 0.15) is 23.6 Å². The number of nitrogens with zero attached hydrogens (tertiary/aromatic N) is 2. The lowest BCUT2D eigenvalue weighted by Gasteiger charge is -2.15. The Hall–Kier alpha value is -2.53. The third-order valence-electron chi connectivity index (χ3n) is 4.11. The topological polar surface area (TPSA) is 55.7 Å². The third kappa shape index (κ3) is 6.73. The molecular weight excluding hydrogens is 558 g/mol. The first-order valence-electron chi connectivity index (χ1n) is 9.42. The first-order valence-corrected chi connectivity index (χ1v) is 10.9. The van der Waals surface area contributed by atoms with Crippen LogP contribution in [0.15, 0.2) is 59.8 Å². The fraction of sp³-hybridized carbons (Fsp3) is 0.182. The zero-order chi connectivity index (χ0) is 23.1. The molecule has 10 heteroatoms. The Kier molecular flexibility index (Phi) is 8.19. The molecule has 32 heavy (non-hydrogen) atoms. The van der Waals surface area contributed by atoms with Crippen molar-refractivity contribution in [2.24, 2.45) is 5.10 Å². The minimum atomic E-state index is -4.43. The second kappa shape index (κ2) is 10.9. The van der Waals surface area contributed by atoms with Crippen molar-refractivity contribution in [1.82, 2.24) is 4.98 Å². The molecule has 2 aromatic carbocycles. The average molecular weight is 576 g/mol. The van der Waals surface area contributed by atoms with Crippen molar-refractivity contribution >= 4 is 46.2 Å². The first kappa shape index (κ1) is 24.1. The van der Waals surface area contributed by atoms with E-state index in [0.29, 0.717) is 29.7 Å². The van der Waals surface area contributed by atoms with Gasteiger partial charge in [-0.3, -0.25) is 5.43 Å². The van der Waals surface area contributed by atoms with E-state index in [-0.39, 0.29) is 5.82 Å². The van der Waals surface area contributed by atoms with E-state index in [4.69, 9.17) is 21.1 Å². The highest BCUT2D eigenvalue weighted by molar-refractivity contribution is 14.1. The third-order valence-corrected chi connectivity index (χ3v) is 5.16. The van der Waals surface area contributed by atoms with E-state index >= 15 is 0 Å². The Balaban J connectivity index is 1.71. The molecule has 3 rings (SSSR count). The summed E-state index contributed by atoms with van der Waals surface area (Å²) in [5.74, 6) is 1.36. The van der Waals surface area contributed by atoms with Crippen LogP contribution in [0, 0.1) is 3.57 Å². The summed E-state index contributed by atoms with van der Waals surface area (Å²) in [5.41, 5.74) is 3.48. The molecule has 0 atom stereocenters. The van der Waals surface area contributed by atoms with E-state index in [9.17, 15) is 13.2 Å². The summed E-state index contributed by atoms with van der Waals surface area (Å²) in [6.45, 7) is 2.66. The van der Waals surface area contributed by atoms with Crippen LogP contribution in [0.4, 0.5) is 19.0 Å². The van der Waals surface area contributed by atoms with Crippen molar-refractivity contribution in [1.29, 1.82) is 0 Å². The van der Waals surface area contributed by atoms with Gasteiger partial charge in [0.05, 0.1) is 22.0 Å².